The molecule has 0 atom stereocenters. The maximum absolute atomic E-state index is 11.0. The van der Waals surface area contributed by atoms with Crippen molar-refractivity contribution in [3.05, 3.63) is 23.0 Å². The topological polar surface area (TPSA) is 56.0 Å². The van der Waals surface area contributed by atoms with Crippen molar-refractivity contribution < 1.29 is 4.79 Å². The van der Waals surface area contributed by atoms with Gasteiger partial charge in [0.2, 0.25) is 0 Å². The first-order chi connectivity index (χ1) is 5.52. The van der Waals surface area contributed by atoms with Gasteiger partial charge in [-0.05, 0) is 25.5 Å². The number of nitrogens with two attached hydrogens (primary N) is 1. The molecule has 0 aliphatic carbocycles. The molecule has 3 nitrogen and oxygen atoms in total. The minimum atomic E-state index is -0.0840. The number of ketones is 1. The SMILES string of the molecule is CC(=O)c1nc(C)cc(C)c1N. The highest BCUT2D eigenvalue weighted by Crippen LogP contribution is 2.15. The highest BCUT2D eigenvalue weighted by Gasteiger charge is 2.08. The first-order valence-electron chi connectivity index (χ1n) is 3.77. The van der Waals surface area contributed by atoms with E-state index in [1.165, 1.54) is 6.92 Å². The lowest BCUT2D eigenvalue weighted by atomic mass is 10.1. The Morgan fingerprint density at radius 3 is 2.58 bits per heavy atom. The molecule has 0 saturated heterocycles. The fourth-order valence-electron chi connectivity index (χ4n) is 1.12. The van der Waals surface area contributed by atoms with E-state index >= 15 is 0 Å². The molecule has 1 rings (SSSR count). The third-order valence-electron chi connectivity index (χ3n) is 1.73. The predicted molar refractivity (Wildman–Crippen MR) is 48.1 cm³/mol. The summed E-state index contributed by atoms with van der Waals surface area (Å²) in [5.41, 5.74) is 8.28. The summed E-state index contributed by atoms with van der Waals surface area (Å²) in [6.07, 6.45) is 0. The summed E-state index contributed by atoms with van der Waals surface area (Å²) < 4.78 is 0. The van der Waals surface area contributed by atoms with Gasteiger partial charge in [-0.1, -0.05) is 0 Å². The van der Waals surface area contributed by atoms with Crippen LogP contribution in [0.3, 0.4) is 0 Å². The zero-order valence-electron chi connectivity index (χ0n) is 7.51. The lowest BCUT2D eigenvalue weighted by Crippen LogP contribution is -2.06. The zero-order chi connectivity index (χ0) is 9.30. The van der Waals surface area contributed by atoms with Crippen LogP contribution in [0, 0.1) is 13.8 Å². The second-order valence-corrected chi connectivity index (χ2v) is 2.90. The Morgan fingerprint density at radius 2 is 2.08 bits per heavy atom. The van der Waals surface area contributed by atoms with Gasteiger partial charge in [0, 0.05) is 12.6 Å². The van der Waals surface area contributed by atoms with Gasteiger partial charge in [0.25, 0.3) is 0 Å². The number of carbonyl (C=O) groups excluding carboxylic acids is 1. The largest absolute Gasteiger partial charge is 0.397 e. The molecule has 0 radical (unpaired) electrons. The van der Waals surface area contributed by atoms with Gasteiger partial charge in [-0.15, -0.1) is 0 Å². The van der Waals surface area contributed by atoms with Gasteiger partial charge in [0.05, 0.1) is 5.69 Å². The summed E-state index contributed by atoms with van der Waals surface area (Å²) in [5, 5.41) is 0. The third kappa shape index (κ3) is 1.44. The monoisotopic (exact) mass is 164 g/mol. The smallest absolute Gasteiger partial charge is 0.180 e. The summed E-state index contributed by atoms with van der Waals surface area (Å²) in [6, 6.07) is 1.86. The van der Waals surface area contributed by atoms with Gasteiger partial charge in [-0.2, -0.15) is 0 Å². The molecule has 64 valence electrons. The number of anilines is 1. The van der Waals surface area contributed by atoms with E-state index < -0.39 is 0 Å². The molecule has 0 bridgehead atoms. The quantitative estimate of drug-likeness (QED) is 0.639. The summed E-state index contributed by atoms with van der Waals surface area (Å²) in [6.45, 7) is 5.19. The number of hydrogen-bond donors (Lipinski definition) is 1. The number of Topliss-reactive ketones (excluding diaryl/α,β-unsaturated/α-hetero) is 1. The van der Waals surface area contributed by atoms with E-state index in [2.05, 4.69) is 4.98 Å². The molecule has 0 fully saturated rings. The Kier molecular flexibility index (Phi) is 2.13. The van der Waals surface area contributed by atoms with Crippen molar-refractivity contribution >= 4 is 11.5 Å². The molecule has 0 unspecified atom stereocenters. The Hall–Kier alpha value is -1.38. The number of aryl methyl sites for hydroxylation is 2. The molecule has 1 heterocycles. The van der Waals surface area contributed by atoms with Gasteiger partial charge in [-0.3, -0.25) is 4.79 Å². The Balaban J connectivity index is 3.37. The van der Waals surface area contributed by atoms with Crippen molar-refractivity contribution in [2.75, 3.05) is 5.73 Å². The predicted octanol–water partition coefficient (Wildman–Crippen LogP) is 1.48. The lowest BCUT2D eigenvalue weighted by molar-refractivity contribution is 0.101. The fourth-order valence-corrected chi connectivity index (χ4v) is 1.12. The second kappa shape index (κ2) is 2.93. The highest BCUT2D eigenvalue weighted by molar-refractivity contribution is 5.97. The minimum Gasteiger partial charge on any atom is -0.397 e. The van der Waals surface area contributed by atoms with Crippen LogP contribution >= 0.6 is 0 Å². The van der Waals surface area contributed by atoms with Crippen molar-refractivity contribution in [3.8, 4) is 0 Å². The minimum absolute atomic E-state index is 0.0840. The number of nitrogen functional groups attached to an aromatic ring is 1. The van der Waals surface area contributed by atoms with Crippen LogP contribution in [0.25, 0.3) is 0 Å². The molecule has 0 amide bonds. The molecule has 0 aliphatic rings. The van der Waals surface area contributed by atoms with Gasteiger partial charge in [0.1, 0.15) is 5.69 Å². The van der Waals surface area contributed by atoms with Crippen molar-refractivity contribution in [2.45, 2.75) is 20.8 Å². The highest BCUT2D eigenvalue weighted by atomic mass is 16.1. The van der Waals surface area contributed by atoms with Crippen LogP contribution in [0.4, 0.5) is 5.69 Å². The van der Waals surface area contributed by atoms with Crippen LogP contribution in [0.15, 0.2) is 6.07 Å². The summed E-state index contributed by atoms with van der Waals surface area (Å²) in [5.74, 6) is -0.0840. The van der Waals surface area contributed by atoms with E-state index in [-0.39, 0.29) is 5.78 Å². The van der Waals surface area contributed by atoms with Gasteiger partial charge in [-0.25, -0.2) is 4.98 Å². The van der Waals surface area contributed by atoms with E-state index in [1.807, 2.05) is 19.9 Å². The van der Waals surface area contributed by atoms with Crippen LogP contribution in [0.1, 0.15) is 28.7 Å². The number of carbonyl (C=O) groups is 1. The first-order valence-corrected chi connectivity index (χ1v) is 3.77. The average molecular weight is 164 g/mol. The van der Waals surface area contributed by atoms with E-state index in [1.54, 1.807) is 0 Å². The van der Waals surface area contributed by atoms with Crippen LogP contribution in [0.5, 0.6) is 0 Å². The number of hydrogen-bond acceptors (Lipinski definition) is 3. The Labute approximate surface area is 71.6 Å². The maximum Gasteiger partial charge on any atom is 0.180 e. The number of nitrogens with zero attached hydrogens (tertiary/aromatic N) is 1. The molecule has 2 N–H and O–H groups in total. The zero-order valence-corrected chi connectivity index (χ0v) is 7.51. The third-order valence-corrected chi connectivity index (χ3v) is 1.73. The molecule has 1 aromatic heterocycles. The van der Waals surface area contributed by atoms with E-state index in [4.69, 9.17) is 5.73 Å². The first kappa shape index (κ1) is 8.71. The van der Waals surface area contributed by atoms with E-state index in [0.29, 0.717) is 11.4 Å². The van der Waals surface area contributed by atoms with Crippen LogP contribution < -0.4 is 5.73 Å². The van der Waals surface area contributed by atoms with Crippen molar-refractivity contribution in [2.24, 2.45) is 0 Å². The molecule has 0 aliphatic heterocycles. The molecule has 12 heavy (non-hydrogen) atoms. The molecular formula is C9H12N2O. The maximum atomic E-state index is 11.0. The summed E-state index contributed by atoms with van der Waals surface area (Å²) >= 11 is 0. The van der Waals surface area contributed by atoms with Gasteiger partial charge < -0.3 is 5.73 Å². The summed E-state index contributed by atoms with van der Waals surface area (Å²) in [4.78, 5) is 15.1. The Bertz CT molecular complexity index is 332. The molecule has 3 heteroatoms. The van der Waals surface area contributed by atoms with Gasteiger partial charge >= 0.3 is 0 Å². The molecule has 0 aromatic carbocycles. The van der Waals surface area contributed by atoms with Crippen molar-refractivity contribution in [3.63, 3.8) is 0 Å². The molecule has 1 aromatic rings. The Morgan fingerprint density at radius 1 is 1.50 bits per heavy atom. The normalized spacial score (nSPS) is 9.92. The number of aromatic nitrogens is 1. The van der Waals surface area contributed by atoms with Crippen molar-refractivity contribution in [1.82, 2.24) is 4.98 Å². The number of pyridine rings is 1. The van der Waals surface area contributed by atoms with Crippen LogP contribution in [-0.2, 0) is 0 Å². The second-order valence-electron chi connectivity index (χ2n) is 2.90. The average Bonchev–Trinajstić information content (AvgIpc) is 1.96. The van der Waals surface area contributed by atoms with E-state index in [0.717, 1.165) is 11.3 Å². The standard InChI is InChI=1S/C9H12N2O/c1-5-4-6(2)11-9(7(3)12)8(5)10/h4H,10H2,1-3H3. The number of rotatable bonds is 1. The van der Waals surface area contributed by atoms with Crippen LogP contribution in [-0.4, -0.2) is 10.8 Å². The van der Waals surface area contributed by atoms with Crippen molar-refractivity contribution in [1.29, 1.82) is 0 Å². The van der Waals surface area contributed by atoms with E-state index in [9.17, 15) is 4.79 Å². The molecular weight excluding hydrogens is 152 g/mol. The lowest BCUT2D eigenvalue weighted by Gasteiger charge is -2.05. The van der Waals surface area contributed by atoms with Crippen LogP contribution in [0.2, 0.25) is 0 Å². The summed E-state index contributed by atoms with van der Waals surface area (Å²) in [7, 11) is 0. The molecule has 0 spiro atoms. The fraction of sp³-hybridized carbons (Fsp3) is 0.333. The van der Waals surface area contributed by atoms with Gasteiger partial charge in [0.15, 0.2) is 5.78 Å². The molecule has 0 saturated carbocycles.